The fourth-order valence-corrected chi connectivity index (χ4v) is 2.02. The molecular weight excluding hydrogens is 390 g/mol. The monoisotopic (exact) mass is 390 g/mol. The zero-order valence-electron chi connectivity index (χ0n) is 9.85. The molecular formula is C8H2Cl4O4Sr-2. The minimum atomic E-state index is -1.84. The summed E-state index contributed by atoms with van der Waals surface area (Å²) in [5.41, 5.74) is -1.72. The second-order valence-corrected chi connectivity index (χ2v) is 4.09. The van der Waals surface area contributed by atoms with E-state index in [2.05, 4.69) is 0 Å². The largest absolute Gasteiger partial charge is 2.00 e. The van der Waals surface area contributed by atoms with Gasteiger partial charge < -0.3 is 22.7 Å². The minimum Gasteiger partial charge on any atom is -1.00 e. The third-order valence-electron chi connectivity index (χ3n) is 1.68. The molecule has 0 heterocycles. The predicted octanol–water partition coefficient (Wildman–Crippen LogP) is 0.871. The summed E-state index contributed by atoms with van der Waals surface area (Å²) in [6, 6.07) is 0. The van der Waals surface area contributed by atoms with E-state index in [9.17, 15) is 19.8 Å². The Morgan fingerprint density at radius 2 is 1.00 bits per heavy atom. The van der Waals surface area contributed by atoms with Crippen molar-refractivity contribution in [3.8, 4) is 0 Å². The summed E-state index contributed by atoms with van der Waals surface area (Å²) in [5, 5.41) is 19.6. The van der Waals surface area contributed by atoms with E-state index >= 15 is 0 Å². The standard InChI is InChI=1S/C8H2Cl4O4.Sr.2H/c9-3-1(7(13)14)2(8(15)16)4(10)6(12)5(3)11;;;/h(H,13,14)(H,15,16);;;/q;+2;2*-1/p-2. The van der Waals surface area contributed by atoms with Crippen LogP contribution >= 0.6 is 46.4 Å². The molecule has 0 aliphatic rings. The number of carbonyl (C=O) groups excluding carboxylic acids is 2. The van der Waals surface area contributed by atoms with Gasteiger partial charge in [-0.2, -0.15) is 0 Å². The molecule has 17 heavy (non-hydrogen) atoms. The molecule has 0 aromatic heterocycles. The molecule has 0 radical (unpaired) electrons. The van der Waals surface area contributed by atoms with Crippen LogP contribution in [0.3, 0.4) is 0 Å². The molecule has 0 aliphatic heterocycles. The van der Waals surface area contributed by atoms with Crippen LogP contribution in [0.25, 0.3) is 0 Å². The smallest absolute Gasteiger partial charge is 1.00 e. The molecule has 0 aliphatic carbocycles. The van der Waals surface area contributed by atoms with Crippen LogP contribution in [0.1, 0.15) is 23.6 Å². The van der Waals surface area contributed by atoms with Gasteiger partial charge in [-0.15, -0.1) is 0 Å². The van der Waals surface area contributed by atoms with E-state index < -0.39 is 33.1 Å². The summed E-state index contributed by atoms with van der Waals surface area (Å²) in [4.78, 5) is 21.4. The van der Waals surface area contributed by atoms with Gasteiger partial charge in [0, 0.05) is 11.1 Å². The fraction of sp³-hybridized carbons (Fsp3) is 0. The zero-order valence-corrected chi connectivity index (χ0v) is 14.4. The van der Waals surface area contributed by atoms with E-state index in [1.165, 1.54) is 0 Å². The van der Waals surface area contributed by atoms with Crippen LogP contribution in [0.15, 0.2) is 0 Å². The van der Waals surface area contributed by atoms with Gasteiger partial charge in [0.2, 0.25) is 0 Å². The van der Waals surface area contributed by atoms with E-state index in [0.717, 1.165) is 0 Å². The van der Waals surface area contributed by atoms with Crippen molar-refractivity contribution in [3.05, 3.63) is 31.2 Å². The molecule has 0 atom stereocenters. The predicted molar refractivity (Wildman–Crippen MR) is 63.1 cm³/mol. The van der Waals surface area contributed by atoms with Gasteiger partial charge in [-0.3, -0.25) is 0 Å². The number of hydrogen-bond donors (Lipinski definition) is 0. The van der Waals surface area contributed by atoms with Crippen molar-refractivity contribution in [2.24, 2.45) is 0 Å². The number of carboxylic acid groups (broad SMARTS) is 2. The maximum atomic E-state index is 10.7. The Morgan fingerprint density at radius 1 is 0.765 bits per heavy atom. The first-order valence-electron chi connectivity index (χ1n) is 3.57. The SMILES string of the molecule is O=C([O-])c1c(Cl)c(Cl)c(Cl)c(Cl)c1C(=O)[O-].[H-].[H-].[Sr+2]. The molecule has 0 saturated heterocycles. The maximum absolute atomic E-state index is 10.7. The van der Waals surface area contributed by atoms with Crippen molar-refractivity contribution >= 4 is 104 Å². The third kappa shape index (κ3) is 3.42. The van der Waals surface area contributed by atoms with E-state index in [0.29, 0.717) is 0 Å². The first-order chi connectivity index (χ1) is 7.29. The number of hydrogen-bond acceptors (Lipinski definition) is 4. The van der Waals surface area contributed by atoms with Crippen molar-refractivity contribution in [3.63, 3.8) is 0 Å². The molecule has 1 aromatic carbocycles. The average Bonchev–Trinajstić information content (AvgIpc) is 2.18. The third-order valence-corrected chi connectivity index (χ3v) is 3.48. The van der Waals surface area contributed by atoms with Crippen LogP contribution in [-0.4, -0.2) is 57.4 Å². The minimum absolute atomic E-state index is 0. The Hall–Kier alpha value is 0.801. The van der Waals surface area contributed by atoms with E-state index in [1.54, 1.807) is 0 Å². The Kier molecular flexibility index (Phi) is 7.14. The molecule has 1 aromatic rings. The van der Waals surface area contributed by atoms with Gasteiger partial charge in [0.25, 0.3) is 0 Å². The molecule has 0 N–H and O–H groups in total. The molecule has 0 amide bonds. The average molecular weight is 392 g/mol. The van der Waals surface area contributed by atoms with Gasteiger partial charge in [-0.05, 0) is 0 Å². The summed E-state index contributed by atoms with van der Waals surface area (Å²) in [6.07, 6.45) is 0. The molecule has 4 nitrogen and oxygen atoms in total. The van der Waals surface area contributed by atoms with Crippen LogP contribution in [-0.2, 0) is 0 Å². The van der Waals surface area contributed by atoms with Crippen molar-refractivity contribution in [2.45, 2.75) is 0 Å². The maximum Gasteiger partial charge on any atom is 2.00 e. The second-order valence-electron chi connectivity index (χ2n) is 2.58. The van der Waals surface area contributed by atoms with E-state index in [1.807, 2.05) is 0 Å². The van der Waals surface area contributed by atoms with E-state index in [4.69, 9.17) is 46.4 Å². The number of carbonyl (C=O) groups is 2. The topological polar surface area (TPSA) is 80.3 Å². The number of benzene rings is 1. The molecule has 0 unspecified atom stereocenters. The number of rotatable bonds is 2. The first-order valence-corrected chi connectivity index (χ1v) is 5.08. The van der Waals surface area contributed by atoms with Crippen LogP contribution in [0.5, 0.6) is 0 Å². The van der Waals surface area contributed by atoms with Gasteiger partial charge in [0.15, 0.2) is 0 Å². The number of aromatic carboxylic acids is 2. The fourth-order valence-electron chi connectivity index (χ4n) is 1.02. The quantitative estimate of drug-likeness (QED) is 0.426. The Balaban J connectivity index is -0.000000853. The Labute approximate surface area is 156 Å². The molecule has 1 rings (SSSR count). The Morgan fingerprint density at radius 3 is 1.18 bits per heavy atom. The van der Waals surface area contributed by atoms with Crippen LogP contribution in [0.2, 0.25) is 20.1 Å². The number of carboxylic acids is 2. The van der Waals surface area contributed by atoms with Gasteiger partial charge in [0.05, 0.1) is 32.0 Å². The van der Waals surface area contributed by atoms with Crippen molar-refractivity contribution < 1.29 is 22.7 Å². The first kappa shape index (κ1) is 17.8. The summed E-state index contributed by atoms with van der Waals surface area (Å²) in [7, 11) is 0. The van der Waals surface area contributed by atoms with Crippen LogP contribution < -0.4 is 10.2 Å². The molecule has 9 heteroatoms. The van der Waals surface area contributed by atoms with Crippen molar-refractivity contribution in [2.75, 3.05) is 0 Å². The van der Waals surface area contributed by atoms with Crippen LogP contribution in [0, 0.1) is 0 Å². The summed E-state index contributed by atoms with van der Waals surface area (Å²) in [5.74, 6) is -3.69. The normalized spacial score (nSPS) is 9.65. The molecule has 0 fully saturated rings. The van der Waals surface area contributed by atoms with Gasteiger partial charge >= 0.3 is 45.5 Å². The van der Waals surface area contributed by atoms with Gasteiger partial charge in [-0.25, -0.2) is 0 Å². The zero-order chi connectivity index (χ0) is 12.6. The van der Waals surface area contributed by atoms with E-state index in [-0.39, 0.29) is 58.4 Å². The van der Waals surface area contributed by atoms with Crippen molar-refractivity contribution in [1.82, 2.24) is 0 Å². The second kappa shape index (κ2) is 6.82. The van der Waals surface area contributed by atoms with Gasteiger partial charge in [0.1, 0.15) is 0 Å². The van der Waals surface area contributed by atoms with Gasteiger partial charge in [-0.1, -0.05) is 46.4 Å². The summed E-state index contributed by atoms with van der Waals surface area (Å²) >= 11 is 22.2. The Bertz CT molecular complexity index is 467. The summed E-state index contributed by atoms with van der Waals surface area (Å²) in [6.45, 7) is 0. The van der Waals surface area contributed by atoms with Crippen molar-refractivity contribution in [1.29, 1.82) is 0 Å². The molecule has 0 saturated carbocycles. The summed E-state index contributed by atoms with van der Waals surface area (Å²) < 4.78 is 0. The molecule has 0 spiro atoms. The number of halogens is 4. The molecule has 0 bridgehead atoms. The van der Waals surface area contributed by atoms with Crippen LogP contribution in [0.4, 0.5) is 0 Å². The molecule has 90 valence electrons.